The van der Waals surface area contributed by atoms with Crippen LogP contribution in [0.1, 0.15) is 10.4 Å². The summed E-state index contributed by atoms with van der Waals surface area (Å²) >= 11 is 6.19. The van der Waals surface area contributed by atoms with Gasteiger partial charge in [-0.3, -0.25) is 14.9 Å². The van der Waals surface area contributed by atoms with Crippen LogP contribution in [0.25, 0.3) is 20.7 Å². The summed E-state index contributed by atoms with van der Waals surface area (Å²) in [5.74, 6) is -0.698. The van der Waals surface area contributed by atoms with E-state index >= 15 is 0 Å². The SMILES string of the molecule is O=C(CSc1ncnc2sc(-c3ccccc3)cc12)NC(=O)c1ccc(Br)cc1. The zero-order chi connectivity index (χ0) is 20.2. The van der Waals surface area contributed by atoms with Gasteiger partial charge in [-0.15, -0.1) is 11.3 Å². The van der Waals surface area contributed by atoms with Crippen molar-refractivity contribution in [3.63, 3.8) is 0 Å². The number of carbonyl (C=O) groups excluding carboxylic acids is 2. The topological polar surface area (TPSA) is 72.0 Å². The van der Waals surface area contributed by atoms with Crippen molar-refractivity contribution < 1.29 is 9.59 Å². The van der Waals surface area contributed by atoms with Crippen molar-refractivity contribution in [2.75, 3.05) is 5.75 Å². The Morgan fingerprint density at radius 3 is 2.55 bits per heavy atom. The van der Waals surface area contributed by atoms with Gasteiger partial charge in [0.1, 0.15) is 16.2 Å². The van der Waals surface area contributed by atoms with Crippen molar-refractivity contribution >= 4 is 61.1 Å². The lowest BCUT2D eigenvalue weighted by atomic mass is 10.2. The standard InChI is InChI=1S/C21H14BrN3O2S2/c22-15-8-6-14(7-9-15)19(27)25-18(26)11-28-20-16-10-17(13-4-2-1-3-5-13)29-21(16)24-12-23-20/h1-10,12H,11H2,(H,25,26,27). The van der Waals surface area contributed by atoms with Gasteiger partial charge >= 0.3 is 0 Å². The highest BCUT2D eigenvalue weighted by atomic mass is 79.9. The Kier molecular flexibility index (Phi) is 6.03. The summed E-state index contributed by atoms with van der Waals surface area (Å²) in [6.07, 6.45) is 1.50. The van der Waals surface area contributed by atoms with E-state index < -0.39 is 5.91 Å². The van der Waals surface area contributed by atoms with E-state index in [1.807, 2.05) is 36.4 Å². The first-order valence-electron chi connectivity index (χ1n) is 8.62. The molecule has 0 atom stereocenters. The molecule has 0 saturated heterocycles. The van der Waals surface area contributed by atoms with Gasteiger partial charge in [0.2, 0.25) is 5.91 Å². The molecular formula is C21H14BrN3O2S2. The van der Waals surface area contributed by atoms with E-state index in [9.17, 15) is 9.59 Å². The number of hydrogen-bond donors (Lipinski definition) is 1. The van der Waals surface area contributed by atoms with Crippen LogP contribution in [-0.2, 0) is 4.79 Å². The third-order valence-electron chi connectivity index (χ3n) is 4.05. The molecule has 0 aliphatic heterocycles. The van der Waals surface area contributed by atoms with E-state index in [1.54, 1.807) is 35.6 Å². The molecule has 1 N–H and O–H groups in total. The Hall–Kier alpha value is -2.55. The number of imide groups is 1. The van der Waals surface area contributed by atoms with Crippen LogP contribution in [-0.4, -0.2) is 27.5 Å². The number of nitrogens with zero attached hydrogens (tertiary/aromatic N) is 2. The molecule has 0 saturated carbocycles. The molecule has 5 nitrogen and oxygen atoms in total. The molecule has 2 aromatic heterocycles. The molecule has 4 aromatic rings. The highest BCUT2D eigenvalue weighted by molar-refractivity contribution is 9.10. The second-order valence-electron chi connectivity index (χ2n) is 6.05. The first-order valence-corrected chi connectivity index (χ1v) is 11.2. The van der Waals surface area contributed by atoms with Crippen molar-refractivity contribution in [3.8, 4) is 10.4 Å². The van der Waals surface area contributed by atoms with Gasteiger partial charge < -0.3 is 0 Å². The Morgan fingerprint density at radius 1 is 1.03 bits per heavy atom. The molecule has 144 valence electrons. The van der Waals surface area contributed by atoms with Crippen LogP contribution >= 0.6 is 39.0 Å². The minimum absolute atomic E-state index is 0.0882. The monoisotopic (exact) mass is 483 g/mol. The van der Waals surface area contributed by atoms with Crippen molar-refractivity contribution in [1.29, 1.82) is 0 Å². The number of fused-ring (bicyclic) bond motifs is 1. The predicted molar refractivity (Wildman–Crippen MR) is 120 cm³/mol. The maximum Gasteiger partial charge on any atom is 0.257 e. The highest BCUT2D eigenvalue weighted by Gasteiger charge is 2.14. The smallest absolute Gasteiger partial charge is 0.257 e. The van der Waals surface area contributed by atoms with Crippen molar-refractivity contribution in [1.82, 2.24) is 15.3 Å². The molecular weight excluding hydrogens is 470 g/mol. The number of thioether (sulfide) groups is 1. The van der Waals surface area contributed by atoms with Gasteiger partial charge in [-0.1, -0.05) is 58.0 Å². The number of carbonyl (C=O) groups is 2. The normalized spacial score (nSPS) is 10.8. The number of rotatable bonds is 5. The molecule has 2 aromatic carbocycles. The summed E-state index contributed by atoms with van der Waals surface area (Å²) in [4.78, 5) is 35.0. The molecule has 8 heteroatoms. The van der Waals surface area contributed by atoms with Gasteiger partial charge in [0, 0.05) is 20.3 Å². The Bertz CT molecular complexity index is 1180. The number of amides is 2. The number of hydrogen-bond acceptors (Lipinski definition) is 6. The summed E-state index contributed by atoms with van der Waals surface area (Å²) in [5, 5.41) is 4.04. The summed E-state index contributed by atoms with van der Waals surface area (Å²) in [6, 6.07) is 18.9. The van der Waals surface area contributed by atoms with Gasteiger partial charge in [-0.05, 0) is 35.9 Å². The molecule has 2 heterocycles. The van der Waals surface area contributed by atoms with Gasteiger partial charge in [0.25, 0.3) is 5.91 Å². The lowest BCUT2D eigenvalue weighted by Gasteiger charge is -2.04. The summed E-state index contributed by atoms with van der Waals surface area (Å²) in [7, 11) is 0. The first-order chi connectivity index (χ1) is 14.1. The molecule has 0 aliphatic rings. The summed E-state index contributed by atoms with van der Waals surface area (Å²) < 4.78 is 0.870. The molecule has 0 spiro atoms. The minimum atomic E-state index is -0.419. The van der Waals surface area contributed by atoms with E-state index in [0.29, 0.717) is 5.56 Å². The van der Waals surface area contributed by atoms with Crippen LogP contribution in [0.2, 0.25) is 0 Å². The largest absolute Gasteiger partial charge is 0.292 e. The van der Waals surface area contributed by atoms with Gasteiger partial charge in [0.05, 0.1) is 5.75 Å². The average molecular weight is 484 g/mol. The fourth-order valence-electron chi connectivity index (χ4n) is 2.66. The highest BCUT2D eigenvalue weighted by Crippen LogP contribution is 2.35. The van der Waals surface area contributed by atoms with E-state index in [1.165, 1.54) is 18.1 Å². The Balaban J connectivity index is 1.45. The molecule has 29 heavy (non-hydrogen) atoms. The number of halogens is 1. The first kappa shape index (κ1) is 19.8. The van der Waals surface area contributed by atoms with Gasteiger partial charge in [-0.2, -0.15) is 0 Å². The number of benzene rings is 2. The second kappa shape index (κ2) is 8.86. The molecule has 2 amide bonds. The zero-order valence-corrected chi connectivity index (χ0v) is 18.2. The fourth-order valence-corrected chi connectivity index (χ4v) is 4.77. The lowest BCUT2D eigenvalue weighted by Crippen LogP contribution is -2.31. The Morgan fingerprint density at radius 2 is 1.79 bits per heavy atom. The van der Waals surface area contributed by atoms with E-state index in [0.717, 1.165) is 30.2 Å². The second-order valence-corrected chi connectivity index (χ2v) is 8.96. The van der Waals surface area contributed by atoms with E-state index in [-0.39, 0.29) is 11.7 Å². The summed E-state index contributed by atoms with van der Waals surface area (Å²) in [6.45, 7) is 0. The quantitative estimate of drug-likeness (QED) is 0.313. The molecule has 0 radical (unpaired) electrons. The number of thiophene rings is 1. The molecule has 4 rings (SSSR count). The van der Waals surface area contributed by atoms with Crippen molar-refractivity contribution in [2.45, 2.75) is 5.03 Å². The molecule has 0 fully saturated rings. The van der Waals surface area contributed by atoms with E-state index in [4.69, 9.17) is 0 Å². The minimum Gasteiger partial charge on any atom is -0.292 e. The fraction of sp³-hybridized carbons (Fsp3) is 0.0476. The third kappa shape index (κ3) is 4.72. The number of aromatic nitrogens is 2. The molecule has 0 bridgehead atoms. The summed E-state index contributed by atoms with van der Waals surface area (Å²) in [5.41, 5.74) is 1.55. The van der Waals surface area contributed by atoms with Crippen LogP contribution in [0.15, 0.2) is 76.5 Å². The van der Waals surface area contributed by atoms with Crippen LogP contribution in [0.4, 0.5) is 0 Å². The van der Waals surface area contributed by atoms with Crippen LogP contribution in [0, 0.1) is 0 Å². The third-order valence-corrected chi connectivity index (χ3v) is 6.68. The maximum absolute atomic E-state index is 12.2. The molecule has 0 unspecified atom stereocenters. The Labute approximate surface area is 183 Å². The predicted octanol–water partition coefficient (Wildman–Crippen LogP) is 5.17. The lowest BCUT2D eigenvalue weighted by molar-refractivity contribution is -0.117. The molecule has 0 aliphatic carbocycles. The van der Waals surface area contributed by atoms with Crippen LogP contribution in [0.3, 0.4) is 0 Å². The average Bonchev–Trinajstić information content (AvgIpc) is 3.18. The van der Waals surface area contributed by atoms with Gasteiger partial charge in [0.15, 0.2) is 0 Å². The number of nitrogens with one attached hydrogen (secondary N) is 1. The zero-order valence-electron chi connectivity index (χ0n) is 15.0. The maximum atomic E-state index is 12.2. The van der Waals surface area contributed by atoms with Gasteiger partial charge in [-0.25, -0.2) is 9.97 Å². The van der Waals surface area contributed by atoms with Crippen LogP contribution in [0.5, 0.6) is 0 Å². The van der Waals surface area contributed by atoms with Crippen molar-refractivity contribution in [3.05, 3.63) is 77.0 Å². The van der Waals surface area contributed by atoms with Crippen molar-refractivity contribution in [2.24, 2.45) is 0 Å². The van der Waals surface area contributed by atoms with E-state index in [2.05, 4.69) is 31.2 Å². The van der Waals surface area contributed by atoms with Crippen LogP contribution < -0.4 is 5.32 Å².